The Labute approximate surface area is 182 Å². The highest BCUT2D eigenvalue weighted by Crippen LogP contribution is 2.29. The topological polar surface area (TPSA) is 87.7 Å². The number of rotatable bonds is 8. The van der Waals surface area contributed by atoms with Gasteiger partial charge in [0, 0.05) is 6.54 Å². The molecule has 2 aromatic carbocycles. The molecule has 1 fully saturated rings. The molecule has 1 saturated heterocycles. The van der Waals surface area contributed by atoms with E-state index in [9.17, 15) is 14.4 Å². The van der Waals surface area contributed by atoms with Crippen molar-refractivity contribution >= 4 is 17.8 Å². The molecular weight excluding hydrogens is 394 g/mol. The Kier molecular flexibility index (Phi) is 6.63. The maximum absolute atomic E-state index is 12.9. The molecule has 0 aliphatic carbocycles. The van der Waals surface area contributed by atoms with Crippen LogP contribution in [-0.2, 0) is 21.5 Å². The van der Waals surface area contributed by atoms with Gasteiger partial charge < -0.3 is 15.4 Å². The third-order valence-electron chi connectivity index (χ3n) is 5.63. The largest absolute Gasteiger partial charge is 0.497 e. The molecule has 0 unspecified atom stereocenters. The summed E-state index contributed by atoms with van der Waals surface area (Å²) in [5.74, 6) is 0.295. The highest BCUT2D eigenvalue weighted by molar-refractivity contribution is 6.09. The van der Waals surface area contributed by atoms with Crippen LogP contribution in [0.3, 0.4) is 0 Å². The fourth-order valence-electron chi connectivity index (χ4n) is 3.58. The fourth-order valence-corrected chi connectivity index (χ4v) is 3.58. The highest BCUT2D eigenvalue weighted by atomic mass is 16.5. The summed E-state index contributed by atoms with van der Waals surface area (Å²) in [5.41, 5.74) is 1.79. The lowest BCUT2D eigenvalue weighted by atomic mass is 9.92. The lowest BCUT2D eigenvalue weighted by molar-refractivity contribution is -0.134. The van der Waals surface area contributed by atoms with E-state index in [4.69, 9.17) is 4.74 Å². The number of hydrogen-bond donors (Lipinski definition) is 2. The zero-order valence-corrected chi connectivity index (χ0v) is 18.4. The molecule has 2 aromatic rings. The molecule has 1 atom stereocenters. The summed E-state index contributed by atoms with van der Waals surface area (Å²) in [5, 5.41) is 5.49. The number of carbonyl (C=O) groups excluding carboxylic acids is 3. The fraction of sp³-hybridized carbons (Fsp3) is 0.375. The number of imide groups is 1. The van der Waals surface area contributed by atoms with Crippen LogP contribution in [0, 0.1) is 0 Å². The van der Waals surface area contributed by atoms with E-state index in [2.05, 4.69) is 48.7 Å². The van der Waals surface area contributed by atoms with Gasteiger partial charge in [0.15, 0.2) is 0 Å². The minimum Gasteiger partial charge on any atom is -0.497 e. The molecule has 7 nitrogen and oxygen atoms in total. The number of ether oxygens (including phenoxy) is 1. The number of benzene rings is 2. The zero-order chi connectivity index (χ0) is 22.6. The molecule has 1 heterocycles. The smallest absolute Gasteiger partial charge is 0.325 e. The van der Waals surface area contributed by atoms with Crippen LogP contribution in [0.1, 0.15) is 43.4 Å². The van der Waals surface area contributed by atoms with E-state index in [0.29, 0.717) is 30.2 Å². The predicted octanol–water partition coefficient (Wildman–Crippen LogP) is 2.94. The molecule has 0 spiro atoms. The first-order valence-corrected chi connectivity index (χ1v) is 10.4. The first kappa shape index (κ1) is 22.3. The van der Waals surface area contributed by atoms with Gasteiger partial charge in [-0.15, -0.1) is 0 Å². The molecule has 0 bridgehead atoms. The van der Waals surface area contributed by atoms with Crippen LogP contribution in [0.4, 0.5) is 4.79 Å². The van der Waals surface area contributed by atoms with E-state index in [1.165, 1.54) is 5.56 Å². The van der Waals surface area contributed by atoms with Crippen LogP contribution in [0.2, 0.25) is 0 Å². The minimum atomic E-state index is -1.22. The number of hydrogen-bond acceptors (Lipinski definition) is 4. The minimum absolute atomic E-state index is 0.317. The van der Waals surface area contributed by atoms with Crippen LogP contribution in [0.5, 0.6) is 5.75 Å². The van der Waals surface area contributed by atoms with Crippen LogP contribution in [0.25, 0.3) is 0 Å². The number of urea groups is 1. The number of nitrogens with one attached hydrogen (secondary N) is 2. The average Bonchev–Trinajstić information content (AvgIpc) is 2.98. The van der Waals surface area contributed by atoms with Gasteiger partial charge in [-0.05, 0) is 48.1 Å². The second-order valence-electron chi connectivity index (χ2n) is 8.17. The summed E-state index contributed by atoms with van der Waals surface area (Å²) in [6.07, 6.45) is 0.674. The Morgan fingerprint density at radius 1 is 1.10 bits per heavy atom. The maximum Gasteiger partial charge on any atom is 0.325 e. The highest BCUT2D eigenvalue weighted by Gasteiger charge is 2.49. The second-order valence-corrected chi connectivity index (χ2v) is 8.17. The number of amides is 4. The Balaban J connectivity index is 1.55. The lowest BCUT2D eigenvalue weighted by Crippen LogP contribution is -2.43. The van der Waals surface area contributed by atoms with Gasteiger partial charge >= 0.3 is 6.03 Å². The molecule has 3 rings (SSSR count). The Morgan fingerprint density at radius 2 is 1.74 bits per heavy atom. The third-order valence-corrected chi connectivity index (χ3v) is 5.63. The van der Waals surface area contributed by atoms with Crippen LogP contribution < -0.4 is 15.4 Å². The van der Waals surface area contributed by atoms with Crippen molar-refractivity contribution in [2.75, 3.05) is 20.2 Å². The van der Waals surface area contributed by atoms with Crippen molar-refractivity contribution in [3.63, 3.8) is 0 Å². The quantitative estimate of drug-likeness (QED) is 0.639. The number of nitrogens with zero attached hydrogens (tertiary/aromatic N) is 1. The van der Waals surface area contributed by atoms with E-state index < -0.39 is 17.5 Å². The number of methoxy groups -OCH3 is 1. The summed E-state index contributed by atoms with van der Waals surface area (Å²) < 4.78 is 5.14. The summed E-state index contributed by atoms with van der Waals surface area (Å²) in [6, 6.07) is 14.6. The molecule has 164 valence electrons. The molecule has 0 aromatic heterocycles. The molecule has 4 amide bonds. The van der Waals surface area contributed by atoms with E-state index in [1.54, 1.807) is 38.3 Å². The Hall–Kier alpha value is -3.35. The summed E-state index contributed by atoms with van der Waals surface area (Å²) in [4.78, 5) is 38.7. The normalized spacial score (nSPS) is 18.3. The molecule has 1 aliphatic rings. The van der Waals surface area contributed by atoms with E-state index in [0.717, 1.165) is 10.5 Å². The van der Waals surface area contributed by atoms with Gasteiger partial charge in [0.2, 0.25) is 5.91 Å². The molecule has 2 N–H and O–H groups in total. The van der Waals surface area contributed by atoms with Crippen molar-refractivity contribution in [2.24, 2.45) is 0 Å². The first-order chi connectivity index (χ1) is 14.7. The molecule has 1 aliphatic heterocycles. The van der Waals surface area contributed by atoms with E-state index >= 15 is 0 Å². The molecule has 7 heteroatoms. The van der Waals surface area contributed by atoms with Gasteiger partial charge in [-0.1, -0.05) is 50.2 Å². The van der Waals surface area contributed by atoms with Crippen molar-refractivity contribution in [1.29, 1.82) is 0 Å². The SMILES string of the molecule is COc1ccc([C@]2(C)NC(=O)N(CC(=O)NCCc3ccc(C(C)C)cc3)C2=O)cc1. The third kappa shape index (κ3) is 4.87. The zero-order valence-electron chi connectivity index (χ0n) is 18.4. The van der Waals surface area contributed by atoms with Gasteiger partial charge in [0.05, 0.1) is 7.11 Å². The van der Waals surface area contributed by atoms with Crippen molar-refractivity contribution < 1.29 is 19.1 Å². The Bertz CT molecular complexity index is 954. The van der Waals surface area contributed by atoms with Crippen LogP contribution in [0.15, 0.2) is 48.5 Å². The van der Waals surface area contributed by atoms with Gasteiger partial charge in [0.1, 0.15) is 17.8 Å². The van der Waals surface area contributed by atoms with Crippen molar-refractivity contribution in [3.8, 4) is 5.75 Å². The van der Waals surface area contributed by atoms with Crippen LogP contribution >= 0.6 is 0 Å². The van der Waals surface area contributed by atoms with E-state index in [-0.39, 0.29) is 12.5 Å². The van der Waals surface area contributed by atoms with Crippen molar-refractivity contribution in [2.45, 2.75) is 38.6 Å². The van der Waals surface area contributed by atoms with Gasteiger partial charge in [0.25, 0.3) is 5.91 Å². The molecule has 0 radical (unpaired) electrons. The standard InChI is InChI=1S/C24H29N3O4/c1-16(2)18-7-5-17(6-8-18)13-14-25-21(28)15-27-22(29)24(3,26-23(27)30)19-9-11-20(31-4)12-10-19/h5-12,16H,13-15H2,1-4H3,(H,25,28)(H,26,30)/t24-/m0/s1. The molecule has 31 heavy (non-hydrogen) atoms. The predicted molar refractivity (Wildman–Crippen MR) is 118 cm³/mol. The second kappa shape index (κ2) is 9.20. The number of carbonyl (C=O) groups is 3. The Morgan fingerprint density at radius 3 is 2.32 bits per heavy atom. The first-order valence-electron chi connectivity index (χ1n) is 10.4. The summed E-state index contributed by atoms with van der Waals surface area (Å²) >= 11 is 0. The van der Waals surface area contributed by atoms with Crippen molar-refractivity contribution in [3.05, 3.63) is 65.2 Å². The van der Waals surface area contributed by atoms with Gasteiger partial charge in [-0.25, -0.2) is 4.79 Å². The van der Waals surface area contributed by atoms with E-state index in [1.807, 2.05) is 0 Å². The summed E-state index contributed by atoms with van der Waals surface area (Å²) in [7, 11) is 1.56. The maximum atomic E-state index is 12.9. The monoisotopic (exact) mass is 423 g/mol. The van der Waals surface area contributed by atoms with Gasteiger partial charge in [-0.3, -0.25) is 14.5 Å². The molecule has 0 saturated carbocycles. The summed E-state index contributed by atoms with van der Waals surface area (Å²) in [6.45, 7) is 6.03. The average molecular weight is 424 g/mol. The van der Waals surface area contributed by atoms with Crippen molar-refractivity contribution in [1.82, 2.24) is 15.5 Å². The van der Waals surface area contributed by atoms with Crippen LogP contribution in [-0.4, -0.2) is 42.9 Å². The lowest BCUT2D eigenvalue weighted by Gasteiger charge is -2.22. The van der Waals surface area contributed by atoms with Gasteiger partial charge in [-0.2, -0.15) is 0 Å². The molecular formula is C24H29N3O4.